The van der Waals surface area contributed by atoms with Gasteiger partial charge < -0.3 is 5.11 Å². The zero-order valence-corrected chi connectivity index (χ0v) is 13.4. The first-order valence-corrected chi connectivity index (χ1v) is 7.40. The highest BCUT2D eigenvalue weighted by molar-refractivity contribution is 9.10. The summed E-state index contributed by atoms with van der Waals surface area (Å²) in [4.78, 5) is 0. The van der Waals surface area contributed by atoms with Gasteiger partial charge in [0.1, 0.15) is 0 Å². The summed E-state index contributed by atoms with van der Waals surface area (Å²) in [6.45, 7) is 2.01. The molecule has 0 aliphatic rings. The van der Waals surface area contributed by atoms with E-state index in [2.05, 4.69) is 15.9 Å². The summed E-state index contributed by atoms with van der Waals surface area (Å²) < 4.78 is 0.987. The van der Waals surface area contributed by atoms with Gasteiger partial charge in [-0.25, -0.2) is 0 Å². The van der Waals surface area contributed by atoms with Crippen molar-refractivity contribution in [1.82, 2.24) is 0 Å². The molecule has 100 valence electrons. The maximum atomic E-state index is 10.3. The van der Waals surface area contributed by atoms with Gasteiger partial charge in [-0.3, -0.25) is 0 Å². The van der Waals surface area contributed by atoms with Crippen LogP contribution in [0.25, 0.3) is 0 Å². The van der Waals surface area contributed by atoms with Crippen LogP contribution in [-0.4, -0.2) is 5.11 Å². The fraction of sp³-hybridized carbons (Fsp3) is 0.200. The van der Waals surface area contributed by atoms with Crippen LogP contribution < -0.4 is 0 Å². The van der Waals surface area contributed by atoms with Gasteiger partial charge in [-0.15, -0.1) is 0 Å². The molecule has 1 nitrogen and oxygen atoms in total. The van der Waals surface area contributed by atoms with E-state index in [-0.39, 0.29) is 0 Å². The van der Waals surface area contributed by atoms with Gasteiger partial charge in [-0.1, -0.05) is 51.3 Å². The van der Waals surface area contributed by atoms with Crippen LogP contribution in [0.1, 0.15) is 22.8 Å². The molecular formula is C15H13BrCl2O. The fourth-order valence-corrected chi connectivity index (χ4v) is 2.63. The van der Waals surface area contributed by atoms with E-state index in [0.717, 1.165) is 21.2 Å². The van der Waals surface area contributed by atoms with E-state index >= 15 is 0 Å². The molecule has 1 N–H and O–H groups in total. The second-order valence-electron chi connectivity index (χ2n) is 4.46. The average molecular weight is 360 g/mol. The lowest BCUT2D eigenvalue weighted by Gasteiger charge is -2.13. The zero-order chi connectivity index (χ0) is 14.0. The summed E-state index contributed by atoms with van der Waals surface area (Å²) in [5, 5.41) is 11.5. The summed E-state index contributed by atoms with van der Waals surface area (Å²) in [5.74, 6) is 0. The SMILES string of the molecule is Cc1ccc(C(O)Cc2cc(Cl)ccc2Cl)cc1Br. The van der Waals surface area contributed by atoms with Gasteiger partial charge in [0, 0.05) is 20.9 Å². The quantitative estimate of drug-likeness (QED) is 0.784. The highest BCUT2D eigenvalue weighted by Crippen LogP contribution is 2.28. The van der Waals surface area contributed by atoms with E-state index in [1.54, 1.807) is 18.2 Å². The third-order valence-electron chi connectivity index (χ3n) is 3.00. The van der Waals surface area contributed by atoms with Crippen molar-refractivity contribution in [2.75, 3.05) is 0 Å². The first kappa shape index (κ1) is 14.9. The molecule has 1 atom stereocenters. The molecular weight excluding hydrogens is 347 g/mol. The first-order valence-electron chi connectivity index (χ1n) is 5.85. The average Bonchev–Trinajstić information content (AvgIpc) is 2.37. The molecule has 0 aliphatic carbocycles. The van der Waals surface area contributed by atoms with Gasteiger partial charge in [0.2, 0.25) is 0 Å². The minimum Gasteiger partial charge on any atom is -0.388 e. The van der Waals surface area contributed by atoms with Crippen molar-refractivity contribution in [3.05, 3.63) is 67.6 Å². The number of aliphatic hydroxyl groups excluding tert-OH is 1. The van der Waals surface area contributed by atoms with Gasteiger partial charge in [-0.2, -0.15) is 0 Å². The van der Waals surface area contributed by atoms with Crippen molar-refractivity contribution in [2.24, 2.45) is 0 Å². The molecule has 0 radical (unpaired) electrons. The van der Waals surface area contributed by atoms with E-state index in [1.165, 1.54) is 0 Å². The van der Waals surface area contributed by atoms with Crippen LogP contribution in [0.15, 0.2) is 40.9 Å². The predicted octanol–water partition coefficient (Wildman–Crippen LogP) is 5.34. The number of halogens is 3. The second-order valence-corrected chi connectivity index (χ2v) is 6.16. The lowest BCUT2D eigenvalue weighted by atomic mass is 10.0. The molecule has 19 heavy (non-hydrogen) atoms. The summed E-state index contributed by atoms with van der Waals surface area (Å²) in [7, 11) is 0. The Kier molecular flexibility index (Phi) is 4.91. The molecule has 2 aromatic carbocycles. The summed E-state index contributed by atoms with van der Waals surface area (Å²) in [5.41, 5.74) is 2.84. The molecule has 0 saturated carbocycles. The molecule has 1 unspecified atom stereocenters. The van der Waals surface area contributed by atoms with Gasteiger partial charge in [0.05, 0.1) is 6.10 Å². The van der Waals surface area contributed by atoms with Crippen molar-refractivity contribution < 1.29 is 5.11 Å². The standard InChI is InChI=1S/C15H13BrCl2O/c1-9-2-3-10(7-13(9)16)15(19)8-11-6-12(17)4-5-14(11)18/h2-7,15,19H,8H2,1H3. The van der Waals surface area contributed by atoms with Gasteiger partial charge in [0.25, 0.3) is 0 Å². The summed E-state index contributed by atoms with van der Waals surface area (Å²) in [6, 6.07) is 11.1. The third kappa shape index (κ3) is 3.73. The molecule has 0 fully saturated rings. The van der Waals surface area contributed by atoms with Gasteiger partial charge in [-0.05, 0) is 47.9 Å². The molecule has 0 saturated heterocycles. The van der Waals surface area contributed by atoms with Crippen molar-refractivity contribution in [2.45, 2.75) is 19.4 Å². The second kappa shape index (κ2) is 6.27. The van der Waals surface area contributed by atoms with Crippen LogP contribution in [0.4, 0.5) is 0 Å². The molecule has 0 heterocycles. The molecule has 0 aliphatic heterocycles. The maximum Gasteiger partial charge on any atom is 0.0831 e. The zero-order valence-electron chi connectivity index (χ0n) is 10.3. The number of aryl methyl sites for hydroxylation is 1. The van der Waals surface area contributed by atoms with Crippen molar-refractivity contribution in [1.29, 1.82) is 0 Å². The lowest BCUT2D eigenvalue weighted by Crippen LogP contribution is -2.02. The van der Waals surface area contributed by atoms with E-state index in [4.69, 9.17) is 23.2 Å². The Morgan fingerprint density at radius 2 is 1.89 bits per heavy atom. The maximum absolute atomic E-state index is 10.3. The van der Waals surface area contributed by atoms with Gasteiger partial charge >= 0.3 is 0 Å². The Hall–Kier alpha value is -0.540. The third-order valence-corrected chi connectivity index (χ3v) is 4.46. The predicted molar refractivity (Wildman–Crippen MR) is 84.0 cm³/mol. The molecule has 2 aromatic rings. The Bertz CT molecular complexity index is 599. The van der Waals surface area contributed by atoms with Crippen LogP contribution in [0.2, 0.25) is 10.0 Å². The van der Waals surface area contributed by atoms with Crippen LogP contribution in [0.5, 0.6) is 0 Å². The van der Waals surface area contributed by atoms with Crippen molar-refractivity contribution >= 4 is 39.1 Å². The van der Waals surface area contributed by atoms with Crippen LogP contribution in [0.3, 0.4) is 0 Å². The largest absolute Gasteiger partial charge is 0.388 e. The minimum absolute atomic E-state index is 0.439. The monoisotopic (exact) mass is 358 g/mol. The number of hydrogen-bond acceptors (Lipinski definition) is 1. The molecule has 2 rings (SSSR count). The molecule has 4 heteroatoms. The van der Waals surface area contributed by atoms with Crippen LogP contribution >= 0.6 is 39.1 Å². The highest BCUT2D eigenvalue weighted by Gasteiger charge is 2.12. The van der Waals surface area contributed by atoms with E-state index in [1.807, 2.05) is 25.1 Å². The van der Waals surface area contributed by atoms with Crippen LogP contribution in [-0.2, 0) is 6.42 Å². The molecule has 0 aromatic heterocycles. The Labute approximate surface area is 131 Å². The number of aliphatic hydroxyl groups is 1. The fourth-order valence-electron chi connectivity index (χ4n) is 1.84. The highest BCUT2D eigenvalue weighted by atomic mass is 79.9. The van der Waals surface area contributed by atoms with Crippen molar-refractivity contribution in [3.63, 3.8) is 0 Å². The van der Waals surface area contributed by atoms with Gasteiger partial charge in [0.15, 0.2) is 0 Å². The van der Waals surface area contributed by atoms with E-state index in [0.29, 0.717) is 16.5 Å². The normalized spacial score (nSPS) is 12.5. The Morgan fingerprint density at radius 3 is 2.58 bits per heavy atom. The van der Waals surface area contributed by atoms with Crippen LogP contribution in [0, 0.1) is 6.92 Å². The lowest BCUT2D eigenvalue weighted by molar-refractivity contribution is 0.178. The summed E-state index contributed by atoms with van der Waals surface area (Å²) in [6.07, 6.45) is -0.164. The van der Waals surface area contributed by atoms with Crippen molar-refractivity contribution in [3.8, 4) is 0 Å². The topological polar surface area (TPSA) is 20.2 Å². The summed E-state index contributed by atoms with van der Waals surface area (Å²) >= 11 is 15.5. The van der Waals surface area contributed by atoms with E-state index < -0.39 is 6.10 Å². The number of benzene rings is 2. The number of rotatable bonds is 3. The molecule has 0 bridgehead atoms. The smallest absolute Gasteiger partial charge is 0.0831 e. The Balaban J connectivity index is 2.22. The first-order chi connectivity index (χ1) is 8.97. The van der Waals surface area contributed by atoms with E-state index in [9.17, 15) is 5.11 Å². The molecule has 0 amide bonds. The Morgan fingerprint density at radius 1 is 1.16 bits per heavy atom. The number of hydrogen-bond donors (Lipinski definition) is 1. The molecule has 0 spiro atoms. The minimum atomic E-state index is -0.604.